The lowest BCUT2D eigenvalue weighted by molar-refractivity contribution is -0.219. The van der Waals surface area contributed by atoms with Crippen LogP contribution in [0.4, 0.5) is 0 Å². The third-order valence-electron chi connectivity index (χ3n) is 10.7. The van der Waals surface area contributed by atoms with Crippen molar-refractivity contribution in [2.24, 2.45) is 0 Å². The largest absolute Gasteiger partial charge is 0.367 e. The fourth-order valence-electron chi connectivity index (χ4n) is 7.75. The molecule has 2 heterocycles. The Kier molecular flexibility index (Phi) is 28.0. The van der Waals surface area contributed by atoms with Crippen molar-refractivity contribution in [1.29, 1.82) is 0 Å². The van der Waals surface area contributed by atoms with E-state index in [9.17, 15) is 0 Å². The maximum Gasteiger partial charge on any atom is 0.169 e. The Bertz CT molecular complexity index is 867. The van der Waals surface area contributed by atoms with E-state index in [1.807, 2.05) is 0 Å². The van der Waals surface area contributed by atoms with Gasteiger partial charge in [0.05, 0.1) is 12.2 Å². The summed E-state index contributed by atoms with van der Waals surface area (Å²) in [5, 5.41) is 0. The Morgan fingerprint density at radius 2 is 0.750 bits per heavy atom. The third-order valence-corrected chi connectivity index (χ3v) is 10.7. The van der Waals surface area contributed by atoms with Gasteiger partial charge in [0.15, 0.2) is 5.79 Å². The van der Waals surface area contributed by atoms with Crippen LogP contribution in [0.25, 0.3) is 0 Å². The Morgan fingerprint density at radius 1 is 0.423 bits per heavy atom. The molecule has 0 amide bonds. The average molecular weight is 727 g/mol. The Morgan fingerprint density at radius 3 is 1.10 bits per heavy atom. The molecule has 5 heteroatoms. The zero-order valence-corrected chi connectivity index (χ0v) is 35.3. The molecule has 4 atom stereocenters. The molecule has 0 radical (unpaired) electrons. The van der Waals surface area contributed by atoms with E-state index in [4.69, 9.17) is 14.2 Å². The number of hydrogen-bond acceptors (Lipinski definition) is 5. The molecule has 2 saturated heterocycles. The van der Waals surface area contributed by atoms with Crippen molar-refractivity contribution in [3.05, 3.63) is 48.6 Å². The number of allylic oxidation sites excluding steroid dienone is 8. The van der Waals surface area contributed by atoms with Gasteiger partial charge in [0.1, 0.15) is 12.2 Å². The molecule has 0 aromatic heterocycles. The Balaban J connectivity index is 1.72. The fourth-order valence-corrected chi connectivity index (χ4v) is 7.75. The first-order valence-electron chi connectivity index (χ1n) is 22.3. The van der Waals surface area contributed by atoms with Gasteiger partial charge < -0.3 is 24.0 Å². The van der Waals surface area contributed by atoms with Gasteiger partial charge in [-0.2, -0.15) is 0 Å². The summed E-state index contributed by atoms with van der Waals surface area (Å²) in [6.07, 6.45) is 51.6. The summed E-state index contributed by atoms with van der Waals surface area (Å²) < 4.78 is 20.6. The van der Waals surface area contributed by atoms with Gasteiger partial charge in [0.2, 0.25) is 0 Å². The van der Waals surface area contributed by atoms with Crippen LogP contribution in [0.3, 0.4) is 0 Å². The van der Waals surface area contributed by atoms with Crippen molar-refractivity contribution in [1.82, 2.24) is 9.80 Å². The highest BCUT2D eigenvalue weighted by Gasteiger charge is 2.57. The molecule has 302 valence electrons. The zero-order chi connectivity index (χ0) is 37.5. The molecule has 0 spiro atoms. The van der Waals surface area contributed by atoms with Crippen molar-refractivity contribution >= 4 is 0 Å². The molecule has 2 fully saturated rings. The second kappa shape index (κ2) is 31.0. The summed E-state index contributed by atoms with van der Waals surface area (Å²) in [5.41, 5.74) is 0. The molecule has 0 aromatic carbocycles. The van der Waals surface area contributed by atoms with Gasteiger partial charge in [-0.15, -0.1) is 0 Å². The minimum Gasteiger partial charge on any atom is -0.367 e. The van der Waals surface area contributed by atoms with Crippen molar-refractivity contribution in [2.75, 3.05) is 41.3 Å². The first kappa shape index (κ1) is 46.9. The van der Waals surface area contributed by atoms with E-state index in [-0.39, 0.29) is 24.4 Å². The lowest BCUT2D eigenvalue weighted by atomic mass is 9.98. The van der Waals surface area contributed by atoms with Gasteiger partial charge in [-0.25, -0.2) is 0 Å². The minimum absolute atomic E-state index is 0.0292. The molecular formula is C47H86N2O3. The molecule has 0 aliphatic carbocycles. The highest BCUT2D eigenvalue weighted by Crippen LogP contribution is 2.44. The normalized spacial score (nSPS) is 21.8. The quantitative estimate of drug-likeness (QED) is 0.0487. The van der Waals surface area contributed by atoms with E-state index in [0.717, 1.165) is 38.8 Å². The van der Waals surface area contributed by atoms with Gasteiger partial charge in [-0.05, 0) is 105 Å². The zero-order valence-electron chi connectivity index (χ0n) is 35.3. The summed E-state index contributed by atoms with van der Waals surface area (Å²) in [6.45, 7) is 6.29. The molecule has 5 nitrogen and oxygen atoms in total. The maximum atomic E-state index is 7.03. The van der Waals surface area contributed by atoms with E-state index in [0.29, 0.717) is 0 Å². The minimum atomic E-state index is -0.446. The molecule has 2 aliphatic heterocycles. The number of likely N-dealkylation sites (N-methyl/N-ethyl adjacent to an activating group) is 2. The maximum absolute atomic E-state index is 7.03. The number of ether oxygens (including phenoxy) is 3. The van der Waals surface area contributed by atoms with E-state index >= 15 is 0 Å². The summed E-state index contributed by atoms with van der Waals surface area (Å²) in [4.78, 5) is 4.46. The van der Waals surface area contributed by atoms with Crippen molar-refractivity contribution in [3.8, 4) is 0 Å². The van der Waals surface area contributed by atoms with Crippen molar-refractivity contribution in [2.45, 2.75) is 211 Å². The van der Waals surface area contributed by atoms with Gasteiger partial charge >= 0.3 is 0 Å². The predicted molar refractivity (Wildman–Crippen MR) is 226 cm³/mol. The number of unbranched alkanes of at least 4 members (excludes halogenated alkanes) is 18. The van der Waals surface area contributed by atoms with Crippen LogP contribution in [-0.2, 0) is 14.2 Å². The third kappa shape index (κ3) is 22.2. The predicted octanol–water partition coefficient (Wildman–Crippen LogP) is 12.8. The van der Waals surface area contributed by atoms with Crippen molar-refractivity contribution in [3.63, 3.8) is 0 Å². The van der Waals surface area contributed by atoms with E-state index < -0.39 is 5.79 Å². The van der Waals surface area contributed by atoms with Crippen LogP contribution in [0, 0.1) is 0 Å². The standard InChI is InChI=1S/C47H86N2O3/c1-7-9-11-13-15-17-19-21-23-25-27-29-31-33-35-37-39-47(51-45-43(41-48(3)4)50-44(42-49(5)6)46(45)52-47)40-38-36-34-32-30-28-26-24-22-20-18-16-14-12-10-8-2/h15-18,21-24,43-46H,7-14,19-20,25-42H2,1-6H3/b17-15-,18-16-,23-21-,24-22-/t43-,44?,45+,46+/m0/s1. The summed E-state index contributed by atoms with van der Waals surface area (Å²) >= 11 is 0. The molecule has 1 unspecified atom stereocenters. The fraction of sp³-hybridized carbons (Fsp3) is 0.830. The summed E-state index contributed by atoms with van der Waals surface area (Å²) in [7, 11) is 8.54. The number of hydrogen-bond donors (Lipinski definition) is 0. The van der Waals surface area contributed by atoms with Gasteiger partial charge in [0.25, 0.3) is 0 Å². The van der Waals surface area contributed by atoms with E-state index in [1.165, 1.54) is 141 Å². The van der Waals surface area contributed by atoms with Crippen LogP contribution in [0.15, 0.2) is 48.6 Å². The highest BCUT2D eigenvalue weighted by atomic mass is 16.8. The molecule has 0 saturated carbocycles. The highest BCUT2D eigenvalue weighted by molar-refractivity contribution is 5.01. The second-order valence-electron chi connectivity index (χ2n) is 16.5. The second-order valence-corrected chi connectivity index (χ2v) is 16.5. The number of nitrogens with zero attached hydrogens (tertiary/aromatic N) is 2. The molecule has 0 bridgehead atoms. The number of rotatable bonds is 34. The first-order valence-corrected chi connectivity index (χ1v) is 22.3. The Hall–Kier alpha value is -1.24. The van der Waals surface area contributed by atoms with Gasteiger partial charge in [-0.3, -0.25) is 0 Å². The lowest BCUT2D eigenvalue weighted by Crippen LogP contribution is -2.39. The summed E-state index contributed by atoms with van der Waals surface area (Å²) in [5.74, 6) is -0.446. The van der Waals surface area contributed by atoms with Crippen LogP contribution in [0.2, 0.25) is 0 Å². The molecule has 2 aliphatic rings. The van der Waals surface area contributed by atoms with Crippen LogP contribution in [0.5, 0.6) is 0 Å². The molecule has 2 rings (SSSR count). The van der Waals surface area contributed by atoms with Crippen LogP contribution >= 0.6 is 0 Å². The van der Waals surface area contributed by atoms with Crippen LogP contribution in [0.1, 0.15) is 181 Å². The van der Waals surface area contributed by atoms with Crippen molar-refractivity contribution < 1.29 is 14.2 Å². The summed E-state index contributed by atoms with van der Waals surface area (Å²) in [6, 6.07) is 0. The van der Waals surface area contributed by atoms with Gasteiger partial charge in [-0.1, -0.05) is 140 Å². The average Bonchev–Trinajstić information content (AvgIpc) is 3.63. The Labute approximate surface area is 324 Å². The first-order chi connectivity index (χ1) is 25.4. The number of fused-ring (bicyclic) bond motifs is 1. The molecule has 0 aromatic rings. The lowest BCUT2D eigenvalue weighted by Gasteiger charge is -2.32. The van der Waals surface area contributed by atoms with Crippen LogP contribution in [-0.4, -0.2) is 81.3 Å². The smallest absolute Gasteiger partial charge is 0.169 e. The molecule has 0 N–H and O–H groups in total. The van der Waals surface area contributed by atoms with Gasteiger partial charge in [0, 0.05) is 25.9 Å². The van der Waals surface area contributed by atoms with E-state index in [1.54, 1.807) is 0 Å². The van der Waals surface area contributed by atoms with Crippen LogP contribution < -0.4 is 0 Å². The topological polar surface area (TPSA) is 34.2 Å². The monoisotopic (exact) mass is 727 g/mol. The molecular weight excluding hydrogens is 641 g/mol. The SMILES string of the molecule is CCCCC/C=C\C/C=C\CCCCCCCCC1(CCCCCCCC/C=C\C/C=C\CCCCC)O[C@@H]2[C@H](CN(C)C)OC(CN(C)C)[C@H]2O1. The van der Waals surface area contributed by atoms with E-state index in [2.05, 4.69) is 100 Å². The molecule has 52 heavy (non-hydrogen) atoms.